The van der Waals surface area contributed by atoms with Gasteiger partial charge in [0.05, 0.1) is 9.85 Å². The van der Waals surface area contributed by atoms with Crippen molar-refractivity contribution in [2.24, 2.45) is 0 Å². The van der Waals surface area contributed by atoms with Crippen LogP contribution in [-0.4, -0.2) is 19.0 Å². The predicted molar refractivity (Wildman–Crippen MR) is 311 cm³/mol. The Morgan fingerprint density at radius 1 is 0.513 bits per heavy atom. The van der Waals surface area contributed by atoms with Gasteiger partial charge in [0.25, 0.3) is 11.4 Å². The molecule has 2 heterocycles. The van der Waals surface area contributed by atoms with E-state index in [1.807, 2.05) is 0 Å². The summed E-state index contributed by atoms with van der Waals surface area (Å²) in [6, 6.07) is 36.2. The third kappa shape index (κ3) is 11.5. The number of hydrogen-bond donors (Lipinski definition) is 0. The van der Waals surface area contributed by atoms with Crippen LogP contribution in [0.15, 0.2) is 122 Å². The van der Waals surface area contributed by atoms with Gasteiger partial charge in [0.1, 0.15) is 49.9 Å². The van der Waals surface area contributed by atoms with Gasteiger partial charge in [-0.3, -0.25) is 20.2 Å². The standard InChI is InChI=1S/C66H80N6O6/c1-43-19-17-23-57-59(43)69(41-67(57)37-47-33-49(63(3,4)5)35-53(65(9,10)11)61(47)77-39-45-25-29-51(30-26-45)71(73)74)55-21-15-16-22-56(55)70-42-68(58-24-18-20-44(2)60(58)70)38-48-34-50(64(6,7)8)36-54(66(12,13)14)62(48)78-40-46-27-31-52(32-28-46)72(75)76/h17-20,23-36,41-42,55-56H,15-16,21-22,37-40H2,1-14H3/q+2/t55-,56-/m1/s1. The van der Waals surface area contributed by atoms with Crippen LogP contribution in [0.25, 0.3) is 22.1 Å². The van der Waals surface area contributed by atoms with Crippen molar-refractivity contribution in [1.82, 2.24) is 9.13 Å². The summed E-state index contributed by atoms with van der Waals surface area (Å²) in [5, 5.41) is 23.0. The number of nitrogens with zero attached hydrogens (tertiary/aromatic N) is 6. The SMILES string of the molecule is Cc1cccc2c1[n+]([C@@H]1CCCC[C@H]1[n+]1cn(Cc3cc(C(C)(C)C)cc(C(C)(C)C)c3OCc3ccc([N+](=O)[O-])cc3)c3cccc(C)c31)cn2Cc1cc(C(C)(C)C)cc(C(C)(C)C)c1OCc1ccc([N+](=O)[O-])cc1. The molecule has 0 N–H and O–H groups in total. The lowest BCUT2D eigenvalue weighted by Crippen LogP contribution is -2.53. The molecule has 1 aliphatic carbocycles. The van der Waals surface area contributed by atoms with Crippen LogP contribution in [0.2, 0.25) is 0 Å². The molecule has 2 aromatic heterocycles. The molecule has 2 atom stereocenters. The highest BCUT2D eigenvalue weighted by Gasteiger charge is 2.40. The van der Waals surface area contributed by atoms with Crippen molar-refractivity contribution >= 4 is 33.4 Å². The molecule has 8 aromatic rings. The molecule has 0 aliphatic heterocycles. The topological polar surface area (TPSA) is 122 Å². The molecule has 78 heavy (non-hydrogen) atoms. The number of benzene rings is 6. The lowest BCUT2D eigenvalue weighted by molar-refractivity contribution is -0.798. The Balaban J connectivity index is 1.15. The number of aryl methyl sites for hydroxylation is 2. The van der Waals surface area contributed by atoms with E-state index >= 15 is 0 Å². The molecule has 0 unspecified atom stereocenters. The first-order chi connectivity index (χ1) is 36.7. The molecule has 408 valence electrons. The molecule has 0 bridgehead atoms. The molecular weight excluding hydrogens is 973 g/mol. The number of rotatable bonds is 14. The van der Waals surface area contributed by atoms with Gasteiger partial charge in [-0.1, -0.05) is 119 Å². The van der Waals surface area contributed by atoms with Crippen molar-refractivity contribution < 1.29 is 28.5 Å². The Bertz CT molecular complexity index is 3310. The van der Waals surface area contributed by atoms with Crippen LogP contribution in [0.3, 0.4) is 0 Å². The van der Waals surface area contributed by atoms with Gasteiger partial charge in [-0.05, 0) is 132 Å². The number of fused-ring (bicyclic) bond motifs is 2. The molecule has 12 heteroatoms. The number of nitro groups is 2. The summed E-state index contributed by atoms with van der Waals surface area (Å²) in [6.07, 6.45) is 9.03. The van der Waals surface area contributed by atoms with Crippen molar-refractivity contribution in [2.45, 2.75) is 183 Å². The summed E-state index contributed by atoms with van der Waals surface area (Å²) in [5.74, 6) is 1.71. The van der Waals surface area contributed by atoms with Gasteiger partial charge < -0.3 is 9.47 Å². The Hall–Kier alpha value is -7.34. The van der Waals surface area contributed by atoms with E-state index in [0.717, 1.165) is 81.6 Å². The highest BCUT2D eigenvalue weighted by atomic mass is 16.6. The maximum atomic E-state index is 11.5. The molecule has 0 saturated heterocycles. The van der Waals surface area contributed by atoms with Gasteiger partial charge in [-0.15, -0.1) is 0 Å². The van der Waals surface area contributed by atoms with E-state index in [1.54, 1.807) is 48.5 Å². The van der Waals surface area contributed by atoms with Crippen LogP contribution in [0.4, 0.5) is 11.4 Å². The number of non-ortho nitro benzene ring substituents is 2. The second-order valence-corrected chi connectivity index (χ2v) is 26.1. The highest BCUT2D eigenvalue weighted by Crippen LogP contribution is 2.43. The number of aromatic nitrogens is 4. The van der Waals surface area contributed by atoms with Crippen LogP contribution in [0, 0.1) is 34.1 Å². The van der Waals surface area contributed by atoms with Crippen molar-refractivity contribution in [3.8, 4) is 11.5 Å². The second-order valence-electron chi connectivity index (χ2n) is 26.1. The summed E-state index contributed by atoms with van der Waals surface area (Å²) in [7, 11) is 0. The monoisotopic (exact) mass is 1050 g/mol. The molecule has 9 rings (SSSR count). The summed E-state index contributed by atoms with van der Waals surface area (Å²) < 4.78 is 23.9. The fourth-order valence-corrected chi connectivity index (χ4v) is 11.5. The van der Waals surface area contributed by atoms with Gasteiger partial charge in [-0.25, -0.2) is 18.3 Å². The van der Waals surface area contributed by atoms with Gasteiger partial charge in [0.15, 0.2) is 22.1 Å². The average molecular weight is 1050 g/mol. The maximum Gasteiger partial charge on any atom is 0.269 e. The van der Waals surface area contributed by atoms with Crippen LogP contribution >= 0.6 is 0 Å². The van der Waals surface area contributed by atoms with Gasteiger partial charge in [0.2, 0.25) is 12.7 Å². The zero-order valence-corrected chi connectivity index (χ0v) is 48.5. The lowest BCUT2D eigenvalue weighted by Gasteiger charge is -2.29. The molecule has 0 radical (unpaired) electrons. The largest absolute Gasteiger partial charge is 0.488 e. The van der Waals surface area contributed by atoms with Crippen molar-refractivity contribution in [2.75, 3.05) is 0 Å². The molecule has 1 fully saturated rings. The van der Waals surface area contributed by atoms with E-state index in [0.29, 0.717) is 13.1 Å². The number of imidazole rings is 2. The maximum absolute atomic E-state index is 11.5. The molecule has 12 nitrogen and oxygen atoms in total. The normalized spacial score (nSPS) is 15.5. The molecule has 6 aromatic carbocycles. The summed E-state index contributed by atoms with van der Waals surface area (Å²) in [6.45, 7) is 33.2. The minimum Gasteiger partial charge on any atom is -0.488 e. The van der Waals surface area contributed by atoms with Crippen LogP contribution < -0.4 is 18.6 Å². The zero-order valence-electron chi connectivity index (χ0n) is 48.5. The van der Waals surface area contributed by atoms with E-state index in [2.05, 4.69) is 189 Å². The summed E-state index contributed by atoms with van der Waals surface area (Å²) in [4.78, 5) is 22.3. The Kier molecular flexibility index (Phi) is 15.0. The molecule has 0 amide bonds. The van der Waals surface area contributed by atoms with Crippen LogP contribution in [0.1, 0.15) is 176 Å². The van der Waals surface area contributed by atoms with E-state index in [1.165, 1.54) is 33.3 Å². The van der Waals surface area contributed by atoms with Crippen LogP contribution in [0.5, 0.6) is 11.5 Å². The zero-order chi connectivity index (χ0) is 56.2. The number of para-hydroxylation sites is 2. The first kappa shape index (κ1) is 55.4. The van der Waals surface area contributed by atoms with Gasteiger partial charge in [0, 0.05) is 57.6 Å². The molecule has 1 aliphatic rings. The summed E-state index contributed by atoms with van der Waals surface area (Å²) in [5.41, 5.74) is 15.3. The first-order valence-corrected chi connectivity index (χ1v) is 27.7. The average Bonchev–Trinajstić information content (AvgIpc) is 3.94. The summed E-state index contributed by atoms with van der Waals surface area (Å²) >= 11 is 0. The Morgan fingerprint density at radius 2 is 0.872 bits per heavy atom. The van der Waals surface area contributed by atoms with Gasteiger partial charge in [-0.2, -0.15) is 0 Å². The highest BCUT2D eigenvalue weighted by molar-refractivity contribution is 5.77. The lowest BCUT2D eigenvalue weighted by atomic mass is 9.79. The number of nitro benzene ring substituents is 2. The third-order valence-corrected chi connectivity index (χ3v) is 15.9. The predicted octanol–water partition coefficient (Wildman–Crippen LogP) is 15.4. The fraction of sp³-hybridized carbons (Fsp3) is 0.424. The van der Waals surface area contributed by atoms with Crippen molar-refractivity contribution in [1.29, 1.82) is 0 Å². The quantitative estimate of drug-likeness (QED) is 0.0607. The van der Waals surface area contributed by atoms with Crippen molar-refractivity contribution in [3.63, 3.8) is 0 Å². The third-order valence-electron chi connectivity index (χ3n) is 15.9. The number of hydrogen-bond acceptors (Lipinski definition) is 6. The molecule has 1 saturated carbocycles. The first-order valence-electron chi connectivity index (χ1n) is 27.7. The number of ether oxygens (including phenoxy) is 2. The van der Waals surface area contributed by atoms with Crippen LogP contribution in [-0.2, 0) is 48.0 Å². The van der Waals surface area contributed by atoms with Gasteiger partial charge >= 0.3 is 0 Å². The minimum atomic E-state index is -0.369. The molecule has 0 spiro atoms. The Labute approximate surface area is 461 Å². The van der Waals surface area contributed by atoms with E-state index < -0.39 is 0 Å². The second kappa shape index (κ2) is 21.1. The minimum absolute atomic E-state index is 0.0581. The van der Waals surface area contributed by atoms with E-state index in [9.17, 15) is 20.2 Å². The van der Waals surface area contributed by atoms with Crippen molar-refractivity contribution in [3.05, 3.63) is 198 Å². The smallest absolute Gasteiger partial charge is 0.269 e. The Morgan fingerprint density at radius 3 is 1.19 bits per heavy atom. The van der Waals surface area contributed by atoms with E-state index in [4.69, 9.17) is 9.47 Å². The van der Waals surface area contributed by atoms with E-state index in [-0.39, 0.29) is 68.2 Å². The molecular formula is C66H80N6O6+2. The fourth-order valence-electron chi connectivity index (χ4n) is 11.5.